The lowest BCUT2D eigenvalue weighted by Crippen LogP contribution is -2.53. The molecule has 130 valence electrons. The molecule has 2 heterocycles. The summed E-state index contributed by atoms with van der Waals surface area (Å²) in [5.41, 5.74) is 0. The monoisotopic (exact) mass is 318 g/mol. The van der Waals surface area contributed by atoms with Crippen molar-refractivity contribution in [2.24, 2.45) is 5.92 Å². The van der Waals surface area contributed by atoms with Gasteiger partial charge in [0.1, 0.15) is 6.10 Å². The quantitative estimate of drug-likeness (QED) is 0.772. The predicted molar refractivity (Wildman–Crippen MR) is 80.5 cm³/mol. The fourth-order valence-corrected chi connectivity index (χ4v) is 3.28. The van der Waals surface area contributed by atoms with Crippen molar-refractivity contribution in [2.45, 2.75) is 76.7 Å². The van der Waals surface area contributed by atoms with Crippen molar-refractivity contribution in [3.63, 3.8) is 0 Å². The van der Waals surface area contributed by atoms with Gasteiger partial charge in [-0.2, -0.15) is 0 Å². The molecule has 0 aromatic rings. The highest BCUT2D eigenvalue weighted by molar-refractivity contribution is 4.85. The minimum atomic E-state index is -0.302. The SMILES string of the molecule is CO[C@H]1C[C@H](OC)[C@@H](O[C@H]2C[C@H](OC)C(C)[C@H](C)O2)[C@H](C)O1. The molecular weight excluding hydrogens is 288 g/mol. The van der Waals surface area contributed by atoms with Gasteiger partial charge in [0.25, 0.3) is 0 Å². The van der Waals surface area contributed by atoms with Gasteiger partial charge in [0.15, 0.2) is 12.6 Å². The molecule has 2 rings (SSSR count). The number of rotatable bonds is 5. The fourth-order valence-electron chi connectivity index (χ4n) is 3.28. The highest BCUT2D eigenvalue weighted by atomic mass is 16.7. The van der Waals surface area contributed by atoms with Gasteiger partial charge in [-0.3, -0.25) is 0 Å². The van der Waals surface area contributed by atoms with E-state index in [0.29, 0.717) is 12.3 Å². The van der Waals surface area contributed by atoms with Crippen LogP contribution in [0.2, 0.25) is 0 Å². The molecule has 0 radical (unpaired) electrons. The van der Waals surface area contributed by atoms with Crippen molar-refractivity contribution in [1.29, 1.82) is 0 Å². The zero-order valence-electron chi connectivity index (χ0n) is 14.5. The molecule has 8 atom stereocenters. The second-order valence-electron chi connectivity index (χ2n) is 6.26. The summed E-state index contributed by atoms with van der Waals surface area (Å²) in [4.78, 5) is 0. The van der Waals surface area contributed by atoms with Crippen molar-refractivity contribution < 1.29 is 28.4 Å². The Balaban J connectivity index is 1.99. The van der Waals surface area contributed by atoms with E-state index >= 15 is 0 Å². The summed E-state index contributed by atoms with van der Waals surface area (Å²) in [6, 6.07) is 0. The Morgan fingerprint density at radius 2 is 1.32 bits per heavy atom. The first-order chi connectivity index (χ1) is 10.5. The zero-order chi connectivity index (χ0) is 16.3. The summed E-state index contributed by atoms with van der Waals surface area (Å²) in [7, 11) is 5.07. The van der Waals surface area contributed by atoms with Crippen LogP contribution in [0.4, 0.5) is 0 Å². The van der Waals surface area contributed by atoms with Crippen molar-refractivity contribution in [1.82, 2.24) is 0 Å². The van der Waals surface area contributed by atoms with E-state index in [4.69, 9.17) is 28.4 Å². The van der Waals surface area contributed by atoms with Gasteiger partial charge in [0.2, 0.25) is 0 Å². The maximum atomic E-state index is 6.18. The maximum Gasteiger partial charge on any atom is 0.161 e. The molecule has 2 fully saturated rings. The molecule has 22 heavy (non-hydrogen) atoms. The van der Waals surface area contributed by atoms with E-state index in [1.54, 1.807) is 21.3 Å². The van der Waals surface area contributed by atoms with Crippen molar-refractivity contribution in [3.05, 3.63) is 0 Å². The van der Waals surface area contributed by atoms with Gasteiger partial charge in [-0.15, -0.1) is 0 Å². The molecule has 6 nitrogen and oxygen atoms in total. The smallest absolute Gasteiger partial charge is 0.161 e. The molecule has 0 aromatic heterocycles. The molecule has 0 N–H and O–H groups in total. The Bertz CT molecular complexity index is 339. The van der Waals surface area contributed by atoms with E-state index in [9.17, 15) is 0 Å². The molecule has 2 saturated heterocycles. The van der Waals surface area contributed by atoms with E-state index in [1.807, 2.05) is 6.92 Å². The third kappa shape index (κ3) is 3.99. The van der Waals surface area contributed by atoms with Crippen LogP contribution in [-0.4, -0.2) is 64.4 Å². The van der Waals surface area contributed by atoms with Crippen LogP contribution >= 0.6 is 0 Å². The summed E-state index contributed by atoms with van der Waals surface area (Å²) < 4.78 is 34.4. The number of ether oxygens (including phenoxy) is 6. The third-order valence-electron chi connectivity index (χ3n) is 4.92. The van der Waals surface area contributed by atoms with Gasteiger partial charge in [-0.05, 0) is 13.8 Å². The molecule has 2 aliphatic rings. The topological polar surface area (TPSA) is 55.4 Å². The van der Waals surface area contributed by atoms with Crippen LogP contribution in [0.15, 0.2) is 0 Å². The minimum Gasteiger partial charge on any atom is -0.381 e. The third-order valence-corrected chi connectivity index (χ3v) is 4.92. The molecule has 0 aliphatic carbocycles. The van der Waals surface area contributed by atoms with E-state index in [2.05, 4.69) is 13.8 Å². The Morgan fingerprint density at radius 1 is 0.727 bits per heavy atom. The second-order valence-corrected chi connectivity index (χ2v) is 6.26. The van der Waals surface area contributed by atoms with Crippen LogP contribution in [0.3, 0.4) is 0 Å². The van der Waals surface area contributed by atoms with Crippen LogP contribution in [0.25, 0.3) is 0 Å². The first kappa shape index (κ1) is 18.1. The van der Waals surface area contributed by atoms with E-state index < -0.39 is 0 Å². The first-order valence-electron chi connectivity index (χ1n) is 8.04. The van der Waals surface area contributed by atoms with Gasteiger partial charge in [-0.25, -0.2) is 0 Å². The summed E-state index contributed by atoms with van der Waals surface area (Å²) in [5.74, 6) is 0.348. The molecule has 6 heteroatoms. The fraction of sp³-hybridized carbons (Fsp3) is 1.00. The second kappa shape index (κ2) is 8.04. The Morgan fingerprint density at radius 3 is 1.91 bits per heavy atom. The summed E-state index contributed by atoms with van der Waals surface area (Å²) in [6.07, 6.45) is 0.665. The first-order valence-corrected chi connectivity index (χ1v) is 8.04. The van der Waals surface area contributed by atoms with Crippen molar-refractivity contribution >= 4 is 0 Å². The molecule has 0 spiro atoms. The van der Waals surface area contributed by atoms with Crippen molar-refractivity contribution in [3.8, 4) is 0 Å². The maximum absolute atomic E-state index is 6.18. The van der Waals surface area contributed by atoms with Gasteiger partial charge in [0.05, 0.1) is 24.4 Å². The molecule has 0 amide bonds. The summed E-state index contributed by atoms with van der Waals surface area (Å²) in [5, 5.41) is 0. The average molecular weight is 318 g/mol. The average Bonchev–Trinajstić information content (AvgIpc) is 2.52. The van der Waals surface area contributed by atoms with Gasteiger partial charge < -0.3 is 28.4 Å². The molecule has 1 unspecified atom stereocenters. The Hall–Kier alpha value is -0.240. The number of hydrogen-bond donors (Lipinski definition) is 0. The highest BCUT2D eigenvalue weighted by Gasteiger charge is 2.42. The Labute approximate surface area is 133 Å². The number of hydrogen-bond acceptors (Lipinski definition) is 6. The van der Waals surface area contributed by atoms with E-state index in [1.165, 1.54) is 0 Å². The highest BCUT2D eigenvalue weighted by Crippen LogP contribution is 2.32. The van der Waals surface area contributed by atoms with E-state index in [-0.39, 0.29) is 43.1 Å². The van der Waals surface area contributed by atoms with Gasteiger partial charge >= 0.3 is 0 Å². The largest absolute Gasteiger partial charge is 0.381 e. The number of methoxy groups -OCH3 is 3. The van der Waals surface area contributed by atoms with Crippen LogP contribution < -0.4 is 0 Å². The molecule has 0 bridgehead atoms. The van der Waals surface area contributed by atoms with Gasteiger partial charge in [0, 0.05) is 40.1 Å². The van der Waals surface area contributed by atoms with Crippen LogP contribution in [0.1, 0.15) is 33.6 Å². The summed E-state index contributed by atoms with van der Waals surface area (Å²) in [6.45, 7) is 6.18. The Kier molecular flexibility index (Phi) is 6.61. The molecule has 2 aliphatic heterocycles. The van der Waals surface area contributed by atoms with Crippen LogP contribution in [0, 0.1) is 5.92 Å². The normalized spacial score (nSPS) is 46.6. The zero-order valence-corrected chi connectivity index (χ0v) is 14.5. The summed E-state index contributed by atoms with van der Waals surface area (Å²) >= 11 is 0. The minimum absolute atomic E-state index is 0.0760. The lowest BCUT2D eigenvalue weighted by Gasteiger charge is -2.43. The predicted octanol–water partition coefficient (Wildman–Crippen LogP) is 1.95. The molecule has 0 aromatic carbocycles. The van der Waals surface area contributed by atoms with Crippen LogP contribution in [-0.2, 0) is 28.4 Å². The van der Waals surface area contributed by atoms with E-state index in [0.717, 1.165) is 6.42 Å². The lowest BCUT2D eigenvalue weighted by atomic mass is 9.93. The standard InChI is InChI=1S/C16H30O6/c1-9-10(2)20-15(7-12(9)17-4)22-16-11(3)21-14(19-6)8-13(16)18-5/h9-16H,7-8H2,1-6H3/t9?,10-,11-,12-,13-,14+,15-,16-/m0/s1. The van der Waals surface area contributed by atoms with Gasteiger partial charge in [-0.1, -0.05) is 6.92 Å². The van der Waals surface area contributed by atoms with Crippen LogP contribution in [0.5, 0.6) is 0 Å². The lowest BCUT2D eigenvalue weighted by molar-refractivity contribution is -0.307. The molecule has 0 saturated carbocycles. The molecular formula is C16H30O6. The van der Waals surface area contributed by atoms with Crippen molar-refractivity contribution in [2.75, 3.05) is 21.3 Å².